The Labute approximate surface area is 133 Å². The fraction of sp³-hybridized carbons (Fsp3) is 0.400. The van der Waals surface area contributed by atoms with Crippen LogP contribution in [0.3, 0.4) is 0 Å². The molecule has 0 spiro atoms. The monoisotopic (exact) mass is 292 g/mol. The molecule has 1 saturated heterocycles. The zero-order valence-electron chi connectivity index (χ0n) is 13.1. The van der Waals surface area contributed by atoms with Gasteiger partial charge in [0.2, 0.25) is 0 Å². The number of piperazine rings is 1. The molecule has 1 aliphatic heterocycles. The van der Waals surface area contributed by atoms with Crippen molar-refractivity contribution in [3.8, 4) is 0 Å². The smallest absolute Gasteiger partial charge is 0.0367 e. The second-order valence-electron chi connectivity index (χ2n) is 6.52. The van der Waals surface area contributed by atoms with Gasteiger partial charge in [-0.25, -0.2) is 0 Å². The Balaban J connectivity index is 1.38. The molecule has 4 rings (SSSR count). The zero-order chi connectivity index (χ0) is 14.8. The topological polar surface area (TPSA) is 6.48 Å². The van der Waals surface area contributed by atoms with Crippen LogP contribution < -0.4 is 4.90 Å². The Morgan fingerprint density at radius 1 is 0.727 bits per heavy atom. The van der Waals surface area contributed by atoms with Crippen LogP contribution in [0, 0.1) is 0 Å². The molecule has 2 aromatic carbocycles. The molecule has 22 heavy (non-hydrogen) atoms. The van der Waals surface area contributed by atoms with Gasteiger partial charge in [0.1, 0.15) is 0 Å². The van der Waals surface area contributed by atoms with Crippen LogP contribution in [0.4, 0.5) is 5.69 Å². The molecule has 0 saturated carbocycles. The number of nitrogens with zero attached hydrogens (tertiary/aromatic N) is 2. The normalized spacial score (nSPS) is 22.4. The summed E-state index contributed by atoms with van der Waals surface area (Å²) in [5.41, 5.74) is 4.52. The van der Waals surface area contributed by atoms with Crippen molar-refractivity contribution in [1.29, 1.82) is 0 Å². The molecule has 1 fully saturated rings. The third kappa shape index (κ3) is 2.76. The fourth-order valence-corrected chi connectivity index (χ4v) is 3.97. The van der Waals surface area contributed by atoms with Gasteiger partial charge in [0.15, 0.2) is 0 Å². The van der Waals surface area contributed by atoms with Crippen molar-refractivity contribution < 1.29 is 0 Å². The maximum absolute atomic E-state index is 2.72. The van der Waals surface area contributed by atoms with Gasteiger partial charge in [-0.1, -0.05) is 42.5 Å². The summed E-state index contributed by atoms with van der Waals surface area (Å²) in [6, 6.07) is 20.6. The van der Waals surface area contributed by atoms with E-state index in [1.54, 1.807) is 11.1 Å². The van der Waals surface area contributed by atoms with Crippen molar-refractivity contribution in [2.75, 3.05) is 31.1 Å². The van der Waals surface area contributed by atoms with Crippen LogP contribution in [0.25, 0.3) is 0 Å². The summed E-state index contributed by atoms with van der Waals surface area (Å²) < 4.78 is 0. The fourth-order valence-electron chi connectivity index (χ4n) is 3.97. The summed E-state index contributed by atoms with van der Waals surface area (Å²) in [7, 11) is 0. The highest BCUT2D eigenvalue weighted by Gasteiger charge is 2.27. The number of hydrogen-bond donors (Lipinski definition) is 0. The van der Waals surface area contributed by atoms with Gasteiger partial charge in [-0.3, -0.25) is 4.90 Å². The van der Waals surface area contributed by atoms with Gasteiger partial charge in [0.05, 0.1) is 0 Å². The van der Waals surface area contributed by atoms with Crippen LogP contribution in [0.1, 0.15) is 17.5 Å². The molecule has 1 atom stereocenters. The van der Waals surface area contributed by atoms with Crippen LogP contribution in [0.2, 0.25) is 0 Å². The van der Waals surface area contributed by atoms with Gasteiger partial charge in [-0.05, 0) is 42.5 Å². The number of benzene rings is 2. The van der Waals surface area contributed by atoms with E-state index in [1.807, 2.05) is 0 Å². The molecule has 1 heterocycles. The van der Waals surface area contributed by atoms with Gasteiger partial charge in [0, 0.05) is 37.9 Å². The van der Waals surface area contributed by atoms with Crippen molar-refractivity contribution in [1.82, 2.24) is 4.90 Å². The maximum atomic E-state index is 2.72. The first-order chi connectivity index (χ1) is 10.9. The van der Waals surface area contributed by atoms with E-state index in [2.05, 4.69) is 64.4 Å². The van der Waals surface area contributed by atoms with Crippen molar-refractivity contribution in [3.05, 3.63) is 65.7 Å². The van der Waals surface area contributed by atoms with Crippen molar-refractivity contribution in [3.63, 3.8) is 0 Å². The molecule has 2 nitrogen and oxygen atoms in total. The van der Waals surface area contributed by atoms with Crippen LogP contribution in [-0.4, -0.2) is 37.1 Å². The summed E-state index contributed by atoms with van der Waals surface area (Å²) in [6.07, 6.45) is 3.81. The second-order valence-corrected chi connectivity index (χ2v) is 6.52. The van der Waals surface area contributed by atoms with Gasteiger partial charge in [-0.2, -0.15) is 0 Å². The van der Waals surface area contributed by atoms with Crippen LogP contribution in [0.15, 0.2) is 54.6 Å². The highest BCUT2D eigenvalue weighted by Crippen LogP contribution is 2.26. The minimum atomic E-state index is 0.743. The maximum Gasteiger partial charge on any atom is 0.0367 e. The van der Waals surface area contributed by atoms with Crippen molar-refractivity contribution in [2.45, 2.75) is 25.3 Å². The Kier molecular flexibility index (Phi) is 3.86. The lowest BCUT2D eigenvalue weighted by Crippen LogP contribution is -2.51. The molecule has 0 radical (unpaired) electrons. The molecule has 0 aromatic heterocycles. The van der Waals surface area contributed by atoms with Gasteiger partial charge in [0.25, 0.3) is 0 Å². The number of hydrogen-bond acceptors (Lipinski definition) is 2. The van der Waals surface area contributed by atoms with E-state index in [4.69, 9.17) is 0 Å². The number of aryl methyl sites for hydroxylation is 1. The standard InChI is InChI=1S/C20H24N2/c1-2-8-19(9-3-1)21-12-14-22(15-13-21)20-11-10-17-6-4-5-7-18(17)16-20/h1-9,20H,10-16H2/t20-/m1/s1. The summed E-state index contributed by atoms with van der Waals surface area (Å²) in [5.74, 6) is 0. The summed E-state index contributed by atoms with van der Waals surface area (Å²) in [5, 5.41) is 0. The zero-order valence-corrected chi connectivity index (χ0v) is 13.1. The summed E-state index contributed by atoms with van der Waals surface area (Å²) in [4.78, 5) is 5.24. The molecule has 0 bridgehead atoms. The SMILES string of the molecule is c1ccc(N2CCN([C@@H]3CCc4ccccc4C3)CC2)cc1. The molecule has 0 unspecified atom stereocenters. The van der Waals surface area contributed by atoms with Crippen molar-refractivity contribution >= 4 is 5.69 Å². The Bertz CT molecular complexity index is 615. The number of rotatable bonds is 2. The Morgan fingerprint density at radius 3 is 2.18 bits per heavy atom. The predicted molar refractivity (Wildman–Crippen MR) is 92.5 cm³/mol. The van der Waals surface area contributed by atoms with E-state index < -0.39 is 0 Å². The number of fused-ring (bicyclic) bond motifs is 1. The molecule has 0 amide bonds. The van der Waals surface area contributed by atoms with E-state index in [0.717, 1.165) is 19.1 Å². The first-order valence-corrected chi connectivity index (χ1v) is 8.51. The molecule has 0 N–H and O–H groups in total. The predicted octanol–water partition coefficient (Wildman–Crippen LogP) is 3.37. The van der Waals surface area contributed by atoms with Crippen molar-refractivity contribution in [2.24, 2.45) is 0 Å². The average Bonchev–Trinajstić information content (AvgIpc) is 2.62. The Hall–Kier alpha value is -1.80. The largest absolute Gasteiger partial charge is 0.369 e. The Morgan fingerprint density at radius 2 is 1.41 bits per heavy atom. The molecule has 2 aliphatic rings. The van der Waals surface area contributed by atoms with E-state index in [1.165, 1.54) is 38.0 Å². The van der Waals surface area contributed by atoms with E-state index >= 15 is 0 Å². The lowest BCUT2D eigenvalue weighted by atomic mass is 9.87. The highest BCUT2D eigenvalue weighted by molar-refractivity contribution is 5.46. The van der Waals surface area contributed by atoms with Crippen LogP contribution in [0.5, 0.6) is 0 Å². The first kappa shape index (κ1) is 13.8. The first-order valence-electron chi connectivity index (χ1n) is 8.51. The number of para-hydroxylation sites is 1. The molecule has 2 aromatic rings. The van der Waals surface area contributed by atoms with Gasteiger partial charge >= 0.3 is 0 Å². The van der Waals surface area contributed by atoms with E-state index in [9.17, 15) is 0 Å². The highest BCUT2D eigenvalue weighted by atomic mass is 15.3. The molecular formula is C20H24N2. The molecule has 114 valence electrons. The van der Waals surface area contributed by atoms with Gasteiger partial charge in [-0.15, -0.1) is 0 Å². The van der Waals surface area contributed by atoms with E-state index in [0.29, 0.717) is 0 Å². The summed E-state index contributed by atoms with van der Waals surface area (Å²) in [6.45, 7) is 4.70. The van der Waals surface area contributed by atoms with E-state index in [-0.39, 0.29) is 0 Å². The quantitative estimate of drug-likeness (QED) is 0.837. The van der Waals surface area contributed by atoms with Crippen LogP contribution in [-0.2, 0) is 12.8 Å². The minimum Gasteiger partial charge on any atom is -0.369 e. The molecule has 2 heteroatoms. The number of anilines is 1. The molecular weight excluding hydrogens is 268 g/mol. The van der Waals surface area contributed by atoms with Crippen LogP contribution >= 0.6 is 0 Å². The van der Waals surface area contributed by atoms with Gasteiger partial charge < -0.3 is 4.90 Å². The minimum absolute atomic E-state index is 0.743. The third-order valence-electron chi connectivity index (χ3n) is 5.27. The second kappa shape index (κ2) is 6.13. The average molecular weight is 292 g/mol. The summed E-state index contributed by atoms with van der Waals surface area (Å²) >= 11 is 0. The molecule has 1 aliphatic carbocycles. The lowest BCUT2D eigenvalue weighted by molar-refractivity contribution is 0.170. The third-order valence-corrected chi connectivity index (χ3v) is 5.27. The lowest BCUT2D eigenvalue weighted by Gasteiger charge is -2.42.